The van der Waals surface area contributed by atoms with Gasteiger partial charge in [0.2, 0.25) is 5.96 Å². The summed E-state index contributed by atoms with van der Waals surface area (Å²) >= 11 is 0. The Hall–Kier alpha value is -6.70. The SMILES string of the molecule is CCOC(=O)C1=C(c2ccccc2)N=C2N=C(c3ccccc3)N(C(=O)OCC)C(c3ccc([N+](=O)[O-])cc3)N2C1c1ccc([N+](=O)[O-])cc1. The number of non-ortho nitro benzene ring substituents is 2. The van der Waals surface area contributed by atoms with Gasteiger partial charge in [-0.2, -0.15) is 4.99 Å². The van der Waals surface area contributed by atoms with Gasteiger partial charge in [0.1, 0.15) is 6.17 Å². The number of amidine groups is 1. The molecule has 0 spiro atoms. The van der Waals surface area contributed by atoms with E-state index < -0.39 is 34.1 Å². The van der Waals surface area contributed by atoms with Crippen LogP contribution in [0.25, 0.3) is 5.70 Å². The van der Waals surface area contributed by atoms with Crippen molar-refractivity contribution in [2.24, 2.45) is 9.98 Å². The first-order valence-corrected chi connectivity index (χ1v) is 15.7. The smallest absolute Gasteiger partial charge is 0.417 e. The summed E-state index contributed by atoms with van der Waals surface area (Å²) in [6.07, 6.45) is -1.93. The Bertz CT molecular complexity index is 2030. The lowest BCUT2D eigenvalue weighted by Gasteiger charge is -2.48. The number of rotatable bonds is 9. The number of aliphatic imine (C=N–C) groups is 2. The molecule has 0 bridgehead atoms. The van der Waals surface area contributed by atoms with E-state index in [-0.39, 0.29) is 47.7 Å². The second-order valence-corrected chi connectivity index (χ2v) is 11.0. The van der Waals surface area contributed by atoms with E-state index in [0.29, 0.717) is 22.3 Å². The summed E-state index contributed by atoms with van der Waals surface area (Å²) in [5.41, 5.74) is 1.93. The fourth-order valence-corrected chi connectivity index (χ4v) is 5.91. The number of hydrogen-bond donors (Lipinski definition) is 0. The molecule has 4 aromatic rings. The minimum atomic E-state index is -1.15. The maximum atomic E-state index is 14.1. The lowest BCUT2D eigenvalue weighted by Crippen LogP contribution is -2.56. The van der Waals surface area contributed by atoms with Crippen LogP contribution in [-0.4, -0.2) is 56.7 Å². The van der Waals surface area contributed by atoms with Gasteiger partial charge < -0.3 is 14.4 Å². The fraction of sp³-hybridized carbons (Fsp3) is 0.167. The topological polar surface area (TPSA) is 170 Å². The molecule has 0 aliphatic carbocycles. The van der Waals surface area contributed by atoms with Crippen LogP contribution in [0.4, 0.5) is 16.2 Å². The molecule has 0 radical (unpaired) electrons. The zero-order valence-corrected chi connectivity index (χ0v) is 26.9. The van der Waals surface area contributed by atoms with Gasteiger partial charge in [0.25, 0.3) is 11.4 Å². The van der Waals surface area contributed by atoms with Crippen molar-refractivity contribution >= 4 is 40.9 Å². The van der Waals surface area contributed by atoms with Crippen LogP contribution in [-0.2, 0) is 14.3 Å². The van der Waals surface area contributed by atoms with Gasteiger partial charge >= 0.3 is 12.1 Å². The van der Waals surface area contributed by atoms with Crippen molar-refractivity contribution in [1.82, 2.24) is 9.80 Å². The molecule has 0 aromatic heterocycles. The van der Waals surface area contributed by atoms with Crippen molar-refractivity contribution in [3.05, 3.63) is 157 Å². The number of esters is 1. The molecular weight excluding hydrogens is 644 g/mol. The maximum absolute atomic E-state index is 14.1. The summed E-state index contributed by atoms with van der Waals surface area (Å²) < 4.78 is 11.2. The first-order chi connectivity index (χ1) is 24.2. The van der Waals surface area contributed by atoms with Gasteiger partial charge in [-0.3, -0.25) is 20.2 Å². The highest BCUT2D eigenvalue weighted by atomic mass is 16.6. The van der Waals surface area contributed by atoms with E-state index in [9.17, 15) is 29.8 Å². The summed E-state index contributed by atoms with van der Waals surface area (Å²) in [5.74, 6) is -0.430. The molecule has 1 amide bonds. The number of nitro groups is 2. The van der Waals surface area contributed by atoms with E-state index in [4.69, 9.17) is 19.5 Å². The highest BCUT2D eigenvalue weighted by molar-refractivity contribution is 6.15. The third kappa shape index (κ3) is 6.29. The molecule has 0 fully saturated rings. The quantitative estimate of drug-likeness (QED) is 0.105. The Balaban J connectivity index is 1.72. The van der Waals surface area contributed by atoms with E-state index >= 15 is 0 Å². The number of amides is 1. The van der Waals surface area contributed by atoms with E-state index in [1.54, 1.807) is 67.3 Å². The monoisotopic (exact) mass is 674 g/mol. The summed E-state index contributed by atoms with van der Waals surface area (Å²) in [6, 6.07) is 28.1. The Morgan fingerprint density at radius 1 is 0.700 bits per heavy atom. The average Bonchev–Trinajstić information content (AvgIpc) is 3.14. The van der Waals surface area contributed by atoms with Gasteiger partial charge in [0.05, 0.1) is 40.4 Å². The Morgan fingerprint density at radius 3 is 1.74 bits per heavy atom. The Labute approximate surface area is 285 Å². The van der Waals surface area contributed by atoms with Crippen LogP contribution in [0.1, 0.15) is 48.3 Å². The molecule has 2 atom stereocenters. The van der Waals surface area contributed by atoms with Crippen LogP contribution >= 0.6 is 0 Å². The molecule has 0 N–H and O–H groups in total. The zero-order chi connectivity index (χ0) is 35.4. The van der Waals surface area contributed by atoms with Gasteiger partial charge in [0.15, 0.2) is 5.84 Å². The van der Waals surface area contributed by atoms with Crippen LogP contribution in [0.3, 0.4) is 0 Å². The van der Waals surface area contributed by atoms with Crippen molar-refractivity contribution < 1.29 is 28.9 Å². The third-order valence-corrected chi connectivity index (χ3v) is 8.05. The van der Waals surface area contributed by atoms with E-state index in [2.05, 4.69) is 0 Å². The molecule has 0 saturated heterocycles. The number of guanidine groups is 1. The zero-order valence-electron chi connectivity index (χ0n) is 26.9. The van der Waals surface area contributed by atoms with E-state index in [1.807, 2.05) is 12.1 Å². The molecule has 2 heterocycles. The second-order valence-electron chi connectivity index (χ2n) is 11.0. The second kappa shape index (κ2) is 14.2. The lowest BCUT2D eigenvalue weighted by atomic mass is 9.90. The normalized spacial score (nSPS) is 16.9. The van der Waals surface area contributed by atoms with Crippen LogP contribution < -0.4 is 0 Å². The Kier molecular flexibility index (Phi) is 9.43. The lowest BCUT2D eigenvalue weighted by molar-refractivity contribution is -0.385. The molecule has 50 heavy (non-hydrogen) atoms. The van der Waals surface area contributed by atoms with E-state index in [0.717, 1.165) is 0 Å². The largest absolute Gasteiger partial charge is 0.463 e. The van der Waals surface area contributed by atoms with Gasteiger partial charge in [-0.25, -0.2) is 19.5 Å². The molecule has 2 aliphatic rings. The number of benzene rings is 4. The van der Waals surface area contributed by atoms with Crippen LogP contribution in [0.2, 0.25) is 0 Å². The third-order valence-electron chi connectivity index (χ3n) is 8.05. The number of ether oxygens (including phenoxy) is 2. The van der Waals surface area contributed by atoms with Crippen molar-refractivity contribution in [3.8, 4) is 0 Å². The number of nitrogens with zero attached hydrogens (tertiary/aromatic N) is 6. The van der Waals surface area contributed by atoms with Crippen LogP contribution in [0.5, 0.6) is 0 Å². The number of carbonyl (C=O) groups is 2. The van der Waals surface area contributed by atoms with Crippen molar-refractivity contribution in [2.75, 3.05) is 13.2 Å². The highest BCUT2D eigenvalue weighted by Crippen LogP contribution is 2.47. The number of hydrogen-bond acceptors (Lipinski definition) is 11. The minimum absolute atomic E-state index is 0.0171. The molecule has 6 rings (SSSR count). The molecule has 2 aliphatic heterocycles. The summed E-state index contributed by atoms with van der Waals surface area (Å²) in [4.78, 5) is 63.2. The molecule has 0 saturated carbocycles. The van der Waals surface area contributed by atoms with Crippen molar-refractivity contribution in [2.45, 2.75) is 26.1 Å². The number of nitro benzene ring substituents is 2. The van der Waals surface area contributed by atoms with Gasteiger partial charge in [0, 0.05) is 35.4 Å². The molecule has 2 unspecified atom stereocenters. The van der Waals surface area contributed by atoms with Gasteiger partial charge in [-0.1, -0.05) is 60.7 Å². The minimum Gasteiger partial charge on any atom is -0.463 e. The number of fused-ring (bicyclic) bond motifs is 1. The maximum Gasteiger partial charge on any atom is 0.417 e. The molecule has 14 nitrogen and oxygen atoms in total. The van der Waals surface area contributed by atoms with Crippen molar-refractivity contribution in [3.63, 3.8) is 0 Å². The van der Waals surface area contributed by atoms with Gasteiger partial charge in [-0.15, -0.1) is 0 Å². The average molecular weight is 675 g/mol. The van der Waals surface area contributed by atoms with Crippen LogP contribution in [0.15, 0.2) is 125 Å². The molecule has 4 aromatic carbocycles. The predicted molar refractivity (Wildman–Crippen MR) is 183 cm³/mol. The van der Waals surface area contributed by atoms with Crippen molar-refractivity contribution in [1.29, 1.82) is 0 Å². The molecular formula is C36H30N6O8. The highest BCUT2D eigenvalue weighted by Gasteiger charge is 2.49. The molecule has 252 valence electrons. The first-order valence-electron chi connectivity index (χ1n) is 15.7. The Morgan fingerprint density at radius 2 is 1.22 bits per heavy atom. The molecule has 14 heteroatoms. The fourth-order valence-electron chi connectivity index (χ4n) is 5.91. The van der Waals surface area contributed by atoms with Crippen LogP contribution in [0, 0.1) is 20.2 Å². The predicted octanol–water partition coefficient (Wildman–Crippen LogP) is 6.81. The number of carbonyl (C=O) groups excluding carboxylic acids is 2. The summed E-state index contributed by atoms with van der Waals surface area (Å²) in [7, 11) is 0. The van der Waals surface area contributed by atoms with E-state index in [1.165, 1.54) is 53.4 Å². The standard InChI is InChI=1S/C36H30N6O8/c1-3-49-34(43)29-30(23-11-7-5-8-12-23)37-35-38-32(25-13-9-6-10-14-25)40(36(44)50-4-2)33(26-17-21-28(22-18-26)42(47)48)39(35)31(29)24-15-19-27(20-16-24)41(45)46/h5-22,31,33H,3-4H2,1-2H3. The first kappa shape index (κ1) is 33.2. The van der Waals surface area contributed by atoms with Gasteiger partial charge in [-0.05, 0) is 49.2 Å². The summed E-state index contributed by atoms with van der Waals surface area (Å²) in [6.45, 7) is 3.37. The summed E-state index contributed by atoms with van der Waals surface area (Å²) in [5, 5.41) is 23.3.